The molecule has 0 aliphatic carbocycles. The van der Waals surface area contributed by atoms with Crippen LogP contribution in [0.1, 0.15) is 33.3 Å². The maximum absolute atomic E-state index is 4.46. The van der Waals surface area contributed by atoms with E-state index < -0.39 is 0 Å². The number of benzene rings is 1. The first-order valence-corrected chi connectivity index (χ1v) is 5.99. The lowest BCUT2D eigenvalue weighted by Gasteiger charge is -2.09. The van der Waals surface area contributed by atoms with E-state index in [0.717, 1.165) is 11.4 Å². The van der Waals surface area contributed by atoms with Crippen LogP contribution in [0.2, 0.25) is 0 Å². The van der Waals surface area contributed by atoms with Gasteiger partial charge in [-0.15, -0.1) is 0 Å². The Morgan fingerprint density at radius 1 is 1.12 bits per heavy atom. The second kappa shape index (κ2) is 6.75. The van der Waals surface area contributed by atoms with Crippen molar-refractivity contribution in [1.29, 1.82) is 0 Å². The molecular formula is C15H20N2. The average molecular weight is 228 g/mol. The summed E-state index contributed by atoms with van der Waals surface area (Å²) in [7, 11) is 0. The Balaban J connectivity index is 2.84. The Morgan fingerprint density at radius 3 is 2.29 bits per heavy atom. The summed E-state index contributed by atoms with van der Waals surface area (Å²) in [5.74, 6) is 6.96. The topological polar surface area (TPSA) is 24.4 Å². The van der Waals surface area contributed by atoms with E-state index in [1.807, 2.05) is 44.2 Å². The molecule has 90 valence electrons. The van der Waals surface area contributed by atoms with E-state index in [9.17, 15) is 0 Å². The maximum Gasteiger partial charge on any atom is 0.174 e. The number of nitrogens with zero attached hydrogens (tertiary/aromatic N) is 1. The number of amidine groups is 1. The van der Waals surface area contributed by atoms with Crippen molar-refractivity contribution >= 4 is 5.84 Å². The molecule has 0 atom stereocenters. The lowest BCUT2D eigenvalue weighted by molar-refractivity contribution is 0.723. The molecule has 0 spiro atoms. The summed E-state index contributed by atoms with van der Waals surface area (Å²) in [4.78, 5) is 4.46. The molecule has 1 aromatic carbocycles. The molecule has 0 aliphatic heterocycles. The van der Waals surface area contributed by atoms with Gasteiger partial charge in [0.25, 0.3) is 0 Å². The van der Waals surface area contributed by atoms with E-state index in [2.05, 4.69) is 36.0 Å². The maximum atomic E-state index is 4.46. The monoisotopic (exact) mass is 228 g/mol. The minimum absolute atomic E-state index is 0.251. The molecule has 1 rings (SSSR count). The Morgan fingerprint density at radius 2 is 1.76 bits per heavy atom. The van der Waals surface area contributed by atoms with E-state index in [0.29, 0.717) is 6.04 Å². The first-order valence-electron chi connectivity index (χ1n) is 5.99. The lowest BCUT2D eigenvalue weighted by atomic mass is 10.2. The van der Waals surface area contributed by atoms with Crippen molar-refractivity contribution in [2.45, 2.75) is 39.8 Å². The third-order valence-electron chi connectivity index (χ3n) is 1.91. The van der Waals surface area contributed by atoms with Crippen LogP contribution in [0, 0.1) is 11.8 Å². The summed E-state index contributed by atoms with van der Waals surface area (Å²) in [5, 5.41) is 3.26. The Bertz CT molecular complexity index is 419. The SMILES string of the molecule is CC(C)N=C(C#Cc1ccccc1)NC(C)C. The molecule has 0 amide bonds. The summed E-state index contributed by atoms with van der Waals surface area (Å²) < 4.78 is 0. The van der Waals surface area contributed by atoms with Crippen LogP contribution in [0.3, 0.4) is 0 Å². The van der Waals surface area contributed by atoms with E-state index in [4.69, 9.17) is 0 Å². The lowest BCUT2D eigenvalue weighted by Crippen LogP contribution is -2.30. The number of rotatable bonds is 2. The van der Waals surface area contributed by atoms with Crippen molar-refractivity contribution in [2.75, 3.05) is 0 Å². The van der Waals surface area contributed by atoms with Gasteiger partial charge in [-0.25, -0.2) is 0 Å². The molecule has 2 heteroatoms. The second-order valence-corrected chi connectivity index (χ2v) is 4.49. The molecule has 0 saturated carbocycles. The van der Waals surface area contributed by atoms with Crippen LogP contribution in [-0.2, 0) is 0 Å². The van der Waals surface area contributed by atoms with Crippen LogP contribution >= 0.6 is 0 Å². The number of nitrogens with one attached hydrogen (secondary N) is 1. The van der Waals surface area contributed by atoms with Crippen molar-refractivity contribution in [3.63, 3.8) is 0 Å². The second-order valence-electron chi connectivity index (χ2n) is 4.49. The Kier molecular flexibility index (Phi) is 5.29. The van der Waals surface area contributed by atoms with Gasteiger partial charge in [0.05, 0.1) is 0 Å². The van der Waals surface area contributed by atoms with E-state index >= 15 is 0 Å². The fourth-order valence-corrected chi connectivity index (χ4v) is 1.29. The van der Waals surface area contributed by atoms with Crippen molar-refractivity contribution in [3.05, 3.63) is 35.9 Å². The van der Waals surface area contributed by atoms with Crippen molar-refractivity contribution in [3.8, 4) is 11.8 Å². The summed E-state index contributed by atoms with van der Waals surface area (Å²) >= 11 is 0. The minimum atomic E-state index is 0.251. The molecule has 0 saturated heterocycles. The van der Waals surface area contributed by atoms with Crippen LogP contribution in [0.25, 0.3) is 0 Å². The zero-order chi connectivity index (χ0) is 12.7. The van der Waals surface area contributed by atoms with Gasteiger partial charge in [0, 0.05) is 17.6 Å². The highest BCUT2D eigenvalue weighted by Crippen LogP contribution is 1.95. The fraction of sp³-hybridized carbons (Fsp3) is 0.400. The van der Waals surface area contributed by atoms with Gasteiger partial charge in [0.2, 0.25) is 0 Å². The van der Waals surface area contributed by atoms with Crippen LogP contribution in [0.4, 0.5) is 0 Å². The molecule has 0 bridgehead atoms. The zero-order valence-electron chi connectivity index (χ0n) is 11.0. The third-order valence-corrected chi connectivity index (χ3v) is 1.91. The van der Waals surface area contributed by atoms with Crippen LogP contribution < -0.4 is 5.32 Å². The summed E-state index contributed by atoms with van der Waals surface area (Å²) in [6, 6.07) is 10.5. The standard InChI is InChI=1S/C15H20N2/c1-12(2)16-15(17-13(3)4)11-10-14-8-6-5-7-9-14/h5-9,12-13H,1-4H3,(H,16,17). The highest BCUT2D eigenvalue weighted by atomic mass is 15.0. The molecule has 1 N–H and O–H groups in total. The summed E-state index contributed by atoms with van der Waals surface area (Å²) in [6.07, 6.45) is 0. The fourth-order valence-electron chi connectivity index (χ4n) is 1.29. The van der Waals surface area contributed by atoms with Crippen molar-refractivity contribution in [2.24, 2.45) is 4.99 Å². The molecule has 1 aromatic rings. The third kappa shape index (κ3) is 5.77. The van der Waals surface area contributed by atoms with E-state index in [1.54, 1.807) is 0 Å². The molecular weight excluding hydrogens is 208 g/mol. The minimum Gasteiger partial charge on any atom is -0.361 e. The molecule has 0 unspecified atom stereocenters. The van der Waals surface area contributed by atoms with Crippen LogP contribution in [0.5, 0.6) is 0 Å². The van der Waals surface area contributed by atoms with Gasteiger partial charge in [-0.05, 0) is 45.7 Å². The van der Waals surface area contributed by atoms with Crippen LogP contribution in [-0.4, -0.2) is 17.9 Å². The Labute approximate surface area is 104 Å². The van der Waals surface area contributed by atoms with E-state index in [1.165, 1.54) is 0 Å². The van der Waals surface area contributed by atoms with Crippen molar-refractivity contribution < 1.29 is 0 Å². The predicted molar refractivity (Wildman–Crippen MR) is 74.2 cm³/mol. The first-order chi connectivity index (χ1) is 8.08. The van der Waals surface area contributed by atoms with Gasteiger partial charge in [0.15, 0.2) is 5.84 Å². The van der Waals surface area contributed by atoms with Gasteiger partial charge >= 0.3 is 0 Å². The Hall–Kier alpha value is -1.75. The highest BCUT2D eigenvalue weighted by molar-refractivity contribution is 5.99. The molecule has 0 radical (unpaired) electrons. The van der Waals surface area contributed by atoms with Gasteiger partial charge in [-0.1, -0.05) is 24.1 Å². The number of hydrogen-bond acceptors (Lipinski definition) is 1. The number of hydrogen-bond donors (Lipinski definition) is 1. The molecule has 0 aromatic heterocycles. The quantitative estimate of drug-likeness (QED) is 0.470. The molecule has 2 nitrogen and oxygen atoms in total. The van der Waals surface area contributed by atoms with E-state index in [-0.39, 0.29) is 6.04 Å². The molecule has 17 heavy (non-hydrogen) atoms. The highest BCUT2D eigenvalue weighted by Gasteiger charge is 1.98. The largest absolute Gasteiger partial charge is 0.361 e. The van der Waals surface area contributed by atoms with Gasteiger partial charge in [-0.3, -0.25) is 4.99 Å². The average Bonchev–Trinajstić information content (AvgIpc) is 2.26. The van der Waals surface area contributed by atoms with Gasteiger partial charge in [0.1, 0.15) is 0 Å². The van der Waals surface area contributed by atoms with Gasteiger partial charge in [-0.2, -0.15) is 0 Å². The number of aliphatic imine (C=N–C) groups is 1. The van der Waals surface area contributed by atoms with Crippen LogP contribution in [0.15, 0.2) is 35.3 Å². The molecule has 0 fully saturated rings. The smallest absolute Gasteiger partial charge is 0.174 e. The first kappa shape index (κ1) is 13.3. The molecule has 0 aliphatic rings. The summed E-state index contributed by atoms with van der Waals surface area (Å²) in [5.41, 5.74) is 1.01. The molecule has 0 heterocycles. The predicted octanol–water partition coefficient (Wildman–Crippen LogP) is 2.84. The zero-order valence-corrected chi connectivity index (χ0v) is 11.0. The normalized spacial score (nSPS) is 11.3. The summed E-state index contributed by atoms with van der Waals surface area (Å²) in [6.45, 7) is 8.26. The van der Waals surface area contributed by atoms with Crippen molar-refractivity contribution in [1.82, 2.24) is 5.32 Å². The van der Waals surface area contributed by atoms with Gasteiger partial charge < -0.3 is 5.32 Å².